The summed E-state index contributed by atoms with van der Waals surface area (Å²) in [4.78, 5) is 0. The largest absolute Gasteiger partial charge is 0.455 e. The molecule has 3 nitrogen and oxygen atoms in total. The van der Waals surface area contributed by atoms with Crippen LogP contribution in [0.2, 0.25) is 0 Å². The number of para-hydroxylation sites is 3. The molecule has 0 bridgehead atoms. The number of hydrogen-bond acceptors (Lipinski definition) is 2. The van der Waals surface area contributed by atoms with Crippen molar-refractivity contribution in [2.45, 2.75) is 6.54 Å². The minimum Gasteiger partial charge on any atom is -0.455 e. The molecule has 3 heteroatoms. The molecule has 0 unspecified atom stereocenters. The highest BCUT2D eigenvalue weighted by molar-refractivity contribution is 6.12. The summed E-state index contributed by atoms with van der Waals surface area (Å²) >= 11 is 0. The van der Waals surface area contributed by atoms with E-state index in [1.54, 1.807) is 0 Å². The van der Waals surface area contributed by atoms with Gasteiger partial charge < -0.3 is 14.7 Å². The molecule has 0 fully saturated rings. The number of fused-ring (bicyclic) bond motifs is 6. The molecule has 0 aliphatic rings. The van der Waals surface area contributed by atoms with Gasteiger partial charge in [0, 0.05) is 39.3 Å². The fourth-order valence-electron chi connectivity index (χ4n) is 6.16. The summed E-state index contributed by atoms with van der Waals surface area (Å²) in [6.07, 6.45) is 0. The van der Waals surface area contributed by atoms with E-state index in [-0.39, 0.29) is 0 Å². The first-order valence-corrected chi connectivity index (χ1v) is 13.6. The summed E-state index contributed by atoms with van der Waals surface area (Å²) in [7, 11) is 0. The Morgan fingerprint density at radius 1 is 0.525 bits per heavy atom. The van der Waals surface area contributed by atoms with E-state index in [0.717, 1.165) is 44.3 Å². The molecule has 0 spiro atoms. The predicted molar refractivity (Wildman–Crippen MR) is 167 cm³/mol. The normalized spacial score (nSPS) is 11.7. The molecular weight excluding hydrogens is 488 g/mol. The molecule has 2 aromatic heterocycles. The maximum absolute atomic E-state index is 6.38. The van der Waals surface area contributed by atoms with Crippen LogP contribution in [0, 0.1) is 0 Å². The van der Waals surface area contributed by atoms with Crippen LogP contribution in [-0.4, -0.2) is 4.57 Å². The third-order valence-electron chi connectivity index (χ3n) is 8.06. The van der Waals surface area contributed by atoms with Crippen LogP contribution >= 0.6 is 0 Å². The molecule has 2 heterocycles. The lowest BCUT2D eigenvalue weighted by atomic mass is 9.99. The molecule has 0 amide bonds. The van der Waals surface area contributed by atoms with Gasteiger partial charge >= 0.3 is 0 Å². The Labute approximate surface area is 231 Å². The van der Waals surface area contributed by atoms with Crippen molar-refractivity contribution in [3.05, 3.63) is 139 Å². The van der Waals surface area contributed by atoms with Gasteiger partial charge in [0.15, 0.2) is 0 Å². The summed E-state index contributed by atoms with van der Waals surface area (Å²) in [5.74, 6) is 0. The Morgan fingerprint density at radius 2 is 1.20 bits per heavy atom. The molecule has 0 aliphatic heterocycles. The van der Waals surface area contributed by atoms with Gasteiger partial charge in [-0.25, -0.2) is 0 Å². The van der Waals surface area contributed by atoms with Crippen molar-refractivity contribution < 1.29 is 4.42 Å². The highest BCUT2D eigenvalue weighted by atomic mass is 16.3. The first kappa shape index (κ1) is 22.8. The van der Waals surface area contributed by atoms with E-state index in [4.69, 9.17) is 10.2 Å². The molecule has 40 heavy (non-hydrogen) atoms. The molecule has 8 rings (SSSR count). The number of rotatable bonds is 4. The molecule has 0 radical (unpaired) electrons. The zero-order valence-corrected chi connectivity index (χ0v) is 21.8. The Bertz CT molecular complexity index is 2200. The molecular formula is C37H26N2O. The van der Waals surface area contributed by atoms with E-state index in [0.29, 0.717) is 6.54 Å². The first-order chi connectivity index (χ1) is 19.8. The fraction of sp³-hybridized carbons (Fsp3) is 0.0270. The maximum atomic E-state index is 6.38. The smallest absolute Gasteiger partial charge is 0.143 e. The van der Waals surface area contributed by atoms with Gasteiger partial charge in [0.1, 0.15) is 11.2 Å². The molecule has 0 aliphatic carbocycles. The van der Waals surface area contributed by atoms with Crippen molar-refractivity contribution >= 4 is 43.7 Å². The minimum atomic E-state index is 0.519. The molecule has 6 aromatic carbocycles. The van der Waals surface area contributed by atoms with Crippen LogP contribution in [0.25, 0.3) is 71.7 Å². The number of aromatic nitrogens is 1. The summed E-state index contributed by atoms with van der Waals surface area (Å²) in [5.41, 5.74) is 17.1. The zero-order valence-electron chi connectivity index (χ0n) is 21.8. The third-order valence-corrected chi connectivity index (χ3v) is 8.06. The van der Waals surface area contributed by atoms with Crippen molar-refractivity contribution in [3.8, 4) is 27.9 Å². The Balaban J connectivity index is 1.34. The lowest BCUT2D eigenvalue weighted by molar-refractivity contribution is 0.670. The molecule has 0 saturated carbocycles. The van der Waals surface area contributed by atoms with Gasteiger partial charge in [-0.3, -0.25) is 0 Å². The van der Waals surface area contributed by atoms with E-state index in [2.05, 4.69) is 120 Å². The topological polar surface area (TPSA) is 44.1 Å². The van der Waals surface area contributed by atoms with E-state index < -0.39 is 0 Å². The van der Waals surface area contributed by atoms with Gasteiger partial charge in [-0.1, -0.05) is 103 Å². The van der Waals surface area contributed by atoms with Crippen molar-refractivity contribution in [2.24, 2.45) is 5.73 Å². The van der Waals surface area contributed by atoms with Crippen LogP contribution < -0.4 is 5.73 Å². The van der Waals surface area contributed by atoms with E-state index in [9.17, 15) is 0 Å². The van der Waals surface area contributed by atoms with Crippen LogP contribution in [0.3, 0.4) is 0 Å². The van der Waals surface area contributed by atoms with Crippen LogP contribution in [0.1, 0.15) is 5.56 Å². The standard InChI is InChI=1S/C37H26N2O/c38-23-26-8-1-2-9-28(26)24-16-19-27(20-17-24)39-34-14-5-3-10-30(34)31-21-18-25(22-35(31)39)29-12-7-13-33-32-11-4-6-15-36(32)40-37(29)33/h1-22H,23,38H2. The van der Waals surface area contributed by atoms with Crippen LogP contribution in [0.15, 0.2) is 138 Å². The third kappa shape index (κ3) is 3.42. The van der Waals surface area contributed by atoms with Crippen molar-refractivity contribution in [2.75, 3.05) is 0 Å². The van der Waals surface area contributed by atoms with Gasteiger partial charge in [-0.2, -0.15) is 0 Å². The predicted octanol–water partition coefficient (Wildman–Crippen LogP) is 9.48. The van der Waals surface area contributed by atoms with E-state index in [1.165, 1.54) is 32.9 Å². The Kier molecular flexibility index (Phi) is 5.12. The van der Waals surface area contributed by atoms with Gasteiger partial charge in [0.2, 0.25) is 0 Å². The molecule has 0 atom stereocenters. The second-order valence-electron chi connectivity index (χ2n) is 10.3. The van der Waals surface area contributed by atoms with Crippen LogP contribution in [-0.2, 0) is 6.54 Å². The van der Waals surface area contributed by atoms with Gasteiger partial charge in [-0.15, -0.1) is 0 Å². The van der Waals surface area contributed by atoms with Gasteiger partial charge in [-0.05, 0) is 52.6 Å². The van der Waals surface area contributed by atoms with E-state index >= 15 is 0 Å². The highest BCUT2D eigenvalue weighted by Crippen LogP contribution is 2.39. The average molecular weight is 515 g/mol. The van der Waals surface area contributed by atoms with Crippen molar-refractivity contribution in [3.63, 3.8) is 0 Å². The summed E-state index contributed by atoms with van der Waals surface area (Å²) < 4.78 is 8.75. The molecule has 0 saturated heterocycles. The number of nitrogens with zero attached hydrogens (tertiary/aromatic N) is 1. The first-order valence-electron chi connectivity index (χ1n) is 13.6. The zero-order chi connectivity index (χ0) is 26.6. The molecule has 190 valence electrons. The van der Waals surface area contributed by atoms with Gasteiger partial charge in [0.05, 0.1) is 11.0 Å². The average Bonchev–Trinajstić information content (AvgIpc) is 3.56. The summed E-state index contributed by atoms with van der Waals surface area (Å²) in [5, 5.41) is 4.75. The monoisotopic (exact) mass is 514 g/mol. The lowest BCUT2D eigenvalue weighted by Crippen LogP contribution is -1.99. The number of benzene rings is 6. The highest BCUT2D eigenvalue weighted by Gasteiger charge is 2.16. The maximum Gasteiger partial charge on any atom is 0.143 e. The van der Waals surface area contributed by atoms with E-state index in [1.807, 2.05) is 18.2 Å². The van der Waals surface area contributed by atoms with Crippen molar-refractivity contribution in [1.29, 1.82) is 0 Å². The fourth-order valence-corrected chi connectivity index (χ4v) is 6.16. The Morgan fingerprint density at radius 3 is 2.08 bits per heavy atom. The minimum absolute atomic E-state index is 0.519. The number of hydrogen-bond donors (Lipinski definition) is 1. The molecule has 2 N–H and O–H groups in total. The van der Waals surface area contributed by atoms with Crippen LogP contribution in [0.4, 0.5) is 0 Å². The Hall–Kier alpha value is -5.12. The SMILES string of the molecule is NCc1ccccc1-c1ccc(-n2c3ccccc3c3ccc(-c4cccc5c4oc4ccccc45)cc32)cc1. The second-order valence-corrected chi connectivity index (χ2v) is 10.3. The second kappa shape index (κ2) is 8.98. The summed E-state index contributed by atoms with van der Waals surface area (Å²) in [6.45, 7) is 0.519. The molecule has 8 aromatic rings. The summed E-state index contributed by atoms with van der Waals surface area (Å²) in [6, 6.07) is 47.2. The van der Waals surface area contributed by atoms with Gasteiger partial charge in [0.25, 0.3) is 0 Å². The number of furan rings is 1. The quantitative estimate of drug-likeness (QED) is 0.254. The number of nitrogens with two attached hydrogens (primary N) is 1. The lowest BCUT2D eigenvalue weighted by Gasteiger charge is -2.12. The van der Waals surface area contributed by atoms with Crippen molar-refractivity contribution in [1.82, 2.24) is 4.57 Å². The van der Waals surface area contributed by atoms with Crippen LogP contribution in [0.5, 0.6) is 0 Å².